The van der Waals surface area contributed by atoms with Crippen molar-refractivity contribution in [2.75, 3.05) is 11.5 Å². The van der Waals surface area contributed by atoms with E-state index in [1.165, 1.54) is 0 Å². The molecule has 1 fully saturated rings. The Morgan fingerprint density at radius 2 is 2.31 bits per heavy atom. The van der Waals surface area contributed by atoms with Crippen molar-refractivity contribution >= 4 is 9.84 Å². The van der Waals surface area contributed by atoms with Gasteiger partial charge in [-0.25, -0.2) is 8.42 Å². The Labute approximate surface area is 94.1 Å². The molecule has 2 rings (SSSR count). The molecule has 0 amide bonds. The molecule has 90 valence electrons. The monoisotopic (exact) mass is 245 g/mol. The van der Waals surface area contributed by atoms with E-state index in [9.17, 15) is 8.42 Å². The van der Waals surface area contributed by atoms with Crippen LogP contribution in [0.15, 0.2) is 4.52 Å². The van der Waals surface area contributed by atoms with Crippen molar-refractivity contribution in [2.45, 2.75) is 31.7 Å². The predicted octanol–water partition coefficient (Wildman–Crippen LogP) is -0.00540. The van der Waals surface area contributed by atoms with Crippen LogP contribution < -0.4 is 5.73 Å². The Bertz CT molecular complexity index is 482. The predicted molar refractivity (Wildman–Crippen MR) is 57.4 cm³/mol. The molecular weight excluding hydrogens is 230 g/mol. The van der Waals surface area contributed by atoms with Gasteiger partial charge in [0, 0.05) is 0 Å². The van der Waals surface area contributed by atoms with Crippen molar-refractivity contribution in [3.05, 3.63) is 11.7 Å². The molecule has 7 heteroatoms. The average molecular weight is 245 g/mol. The highest BCUT2D eigenvalue weighted by molar-refractivity contribution is 7.91. The van der Waals surface area contributed by atoms with Gasteiger partial charge in [0.05, 0.1) is 23.5 Å². The van der Waals surface area contributed by atoms with Crippen molar-refractivity contribution in [1.82, 2.24) is 10.1 Å². The van der Waals surface area contributed by atoms with Crippen LogP contribution in [0.1, 0.15) is 31.5 Å². The second-order valence-electron chi connectivity index (χ2n) is 4.48. The van der Waals surface area contributed by atoms with E-state index in [1.807, 2.05) is 6.92 Å². The van der Waals surface area contributed by atoms with Gasteiger partial charge < -0.3 is 10.3 Å². The summed E-state index contributed by atoms with van der Waals surface area (Å²) in [6, 6.07) is 0. The van der Waals surface area contributed by atoms with E-state index in [4.69, 9.17) is 10.3 Å². The lowest BCUT2D eigenvalue weighted by molar-refractivity contribution is 0.289. The second kappa shape index (κ2) is 3.81. The van der Waals surface area contributed by atoms with Gasteiger partial charge in [0.1, 0.15) is 0 Å². The molecule has 1 aliphatic heterocycles. The average Bonchev–Trinajstić information content (AvgIpc) is 2.64. The van der Waals surface area contributed by atoms with E-state index in [2.05, 4.69) is 10.1 Å². The summed E-state index contributed by atoms with van der Waals surface area (Å²) in [6.07, 6.45) is 1.39. The molecule has 16 heavy (non-hydrogen) atoms. The Morgan fingerprint density at radius 3 is 2.88 bits per heavy atom. The maximum absolute atomic E-state index is 11.6. The van der Waals surface area contributed by atoms with E-state index in [-0.39, 0.29) is 18.1 Å². The highest BCUT2D eigenvalue weighted by Crippen LogP contribution is 2.33. The van der Waals surface area contributed by atoms with Gasteiger partial charge >= 0.3 is 0 Å². The van der Waals surface area contributed by atoms with Gasteiger partial charge in [-0.2, -0.15) is 4.98 Å². The normalized spacial score (nSPS) is 29.1. The summed E-state index contributed by atoms with van der Waals surface area (Å²) in [5.74, 6) is 1.13. The topological polar surface area (TPSA) is 99.1 Å². The van der Waals surface area contributed by atoms with Crippen molar-refractivity contribution in [2.24, 2.45) is 5.73 Å². The second-order valence-corrected chi connectivity index (χ2v) is 6.66. The molecule has 0 spiro atoms. The molecular formula is C9H15N3O3S. The number of hydrogen-bond acceptors (Lipinski definition) is 6. The molecule has 1 aromatic heterocycles. The number of rotatable bonds is 2. The van der Waals surface area contributed by atoms with Crippen LogP contribution in [0, 0.1) is 0 Å². The van der Waals surface area contributed by atoms with Crippen LogP contribution in [0.4, 0.5) is 0 Å². The van der Waals surface area contributed by atoms with Crippen molar-refractivity contribution < 1.29 is 12.9 Å². The number of hydrogen-bond donors (Lipinski definition) is 1. The largest absolute Gasteiger partial charge is 0.339 e. The zero-order valence-electron chi connectivity index (χ0n) is 9.14. The zero-order chi connectivity index (χ0) is 11.8. The van der Waals surface area contributed by atoms with Gasteiger partial charge in [0.25, 0.3) is 0 Å². The Balaban J connectivity index is 2.31. The number of nitrogens with zero attached hydrogens (tertiary/aromatic N) is 2. The van der Waals surface area contributed by atoms with Crippen LogP contribution in [0.25, 0.3) is 0 Å². The molecule has 1 aliphatic rings. The van der Waals surface area contributed by atoms with Crippen molar-refractivity contribution in [3.63, 3.8) is 0 Å². The lowest BCUT2D eigenvalue weighted by Crippen LogP contribution is -2.37. The molecule has 1 saturated heterocycles. The minimum Gasteiger partial charge on any atom is -0.339 e. The molecule has 0 aromatic carbocycles. The van der Waals surface area contributed by atoms with Crippen LogP contribution >= 0.6 is 0 Å². The molecule has 0 aliphatic carbocycles. The van der Waals surface area contributed by atoms with Gasteiger partial charge in [-0.05, 0) is 19.8 Å². The van der Waals surface area contributed by atoms with Crippen LogP contribution in [0.2, 0.25) is 0 Å². The SMILES string of the molecule is CC1(c2nc(CN)no2)CCCS(=O)(=O)C1. The fourth-order valence-electron chi connectivity index (χ4n) is 2.06. The van der Waals surface area contributed by atoms with Crippen molar-refractivity contribution in [3.8, 4) is 0 Å². The number of aromatic nitrogens is 2. The Morgan fingerprint density at radius 1 is 1.56 bits per heavy atom. The molecule has 1 unspecified atom stereocenters. The van der Waals surface area contributed by atoms with Gasteiger partial charge in [0.2, 0.25) is 5.89 Å². The Hall–Kier alpha value is -0.950. The van der Waals surface area contributed by atoms with E-state index < -0.39 is 15.3 Å². The standard InChI is InChI=1S/C9H15N3O3S/c1-9(3-2-4-16(13,14)6-9)8-11-7(5-10)12-15-8/h2-6,10H2,1H3. The molecule has 1 aromatic rings. The van der Waals surface area contributed by atoms with Gasteiger partial charge in [-0.3, -0.25) is 0 Å². The highest BCUT2D eigenvalue weighted by Gasteiger charge is 2.40. The first-order valence-electron chi connectivity index (χ1n) is 5.19. The minimum atomic E-state index is -3.00. The fraction of sp³-hybridized carbons (Fsp3) is 0.778. The fourth-order valence-corrected chi connectivity index (χ4v) is 4.03. The van der Waals surface area contributed by atoms with E-state index in [0.717, 1.165) is 6.42 Å². The summed E-state index contributed by atoms with van der Waals surface area (Å²) in [6.45, 7) is 2.05. The lowest BCUT2D eigenvalue weighted by atomic mass is 9.87. The third kappa shape index (κ3) is 2.10. The third-order valence-corrected chi connectivity index (χ3v) is 4.88. The lowest BCUT2D eigenvalue weighted by Gasteiger charge is -2.29. The molecule has 0 radical (unpaired) electrons. The van der Waals surface area contributed by atoms with E-state index >= 15 is 0 Å². The number of sulfone groups is 1. The summed E-state index contributed by atoms with van der Waals surface area (Å²) < 4.78 is 28.3. The summed E-state index contributed by atoms with van der Waals surface area (Å²) in [4.78, 5) is 4.12. The quantitative estimate of drug-likeness (QED) is 0.787. The molecule has 6 nitrogen and oxygen atoms in total. The third-order valence-electron chi connectivity index (χ3n) is 2.89. The minimum absolute atomic E-state index is 0.0756. The molecule has 0 saturated carbocycles. The van der Waals surface area contributed by atoms with Crippen LogP contribution in [0.3, 0.4) is 0 Å². The first-order valence-corrected chi connectivity index (χ1v) is 7.01. The summed E-state index contributed by atoms with van der Waals surface area (Å²) >= 11 is 0. The first kappa shape index (κ1) is 11.5. The van der Waals surface area contributed by atoms with Gasteiger partial charge in [0.15, 0.2) is 15.7 Å². The van der Waals surface area contributed by atoms with Gasteiger partial charge in [-0.15, -0.1) is 0 Å². The van der Waals surface area contributed by atoms with E-state index in [1.54, 1.807) is 0 Å². The van der Waals surface area contributed by atoms with Crippen LogP contribution in [-0.4, -0.2) is 30.1 Å². The molecule has 2 N–H and O–H groups in total. The first-order chi connectivity index (χ1) is 7.45. The summed E-state index contributed by atoms with van der Waals surface area (Å²) in [7, 11) is -3.00. The van der Waals surface area contributed by atoms with Crippen molar-refractivity contribution in [1.29, 1.82) is 0 Å². The molecule has 1 atom stereocenters. The van der Waals surface area contributed by atoms with Gasteiger partial charge in [-0.1, -0.05) is 5.16 Å². The van der Waals surface area contributed by atoms with Crippen LogP contribution in [-0.2, 0) is 21.8 Å². The number of nitrogens with two attached hydrogens (primary N) is 1. The molecule has 0 bridgehead atoms. The smallest absolute Gasteiger partial charge is 0.233 e. The van der Waals surface area contributed by atoms with Crippen LogP contribution in [0.5, 0.6) is 0 Å². The highest BCUT2D eigenvalue weighted by atomic mass is 32.2. The summed E-state index contributed by atoms with van der Waals surface area (Å²) in [5.41, 5.74) is 4.83. The zero-order valence-corrected chi connectivity index (χ0v) is 9.96. The molecule has 2 heterocycles. The van der Waals surface area contributed by atoms with E-state index in [0.29, 0.717) is 18.1 Å². The maximum atomic E-state index is 11.6. The summed E-state index contributed by atoms with van der Waals surface area (Å²) in [5, 5.41) is 3.70. The Kier molecular flexibility index (Phi) is 2.75. The maximum Gasteiger partial charge on any atom is 0.233 e.